The molecule has 0 aliphatic carbocycles. The Balaban J connectivity index is 1.18. The van der Waals surface area contributed by atoms with Gasteiger partial charge in [0, 0.05) is 43.6 Å². The molecule has 2 atom stereocenters. The van der Waals surface area contributed by atoms with Gasteiger partial charge in [-0.15, -0.1) is 0 Å². The number of rotatable bonds is 9. The third-order valence-electron chi connectivity index (χ3n) is 7.23. The third-order valence-corrected chi connectivity index (χ3v) is 7.23. The molecule has 5 rings (SSSR count). The number of carbonyl (C=O) groups excluding carboxylic acids is 1. The summed E-state index contributed by atoms with van der Waals surface area (Å²) in [7, 11) is 0. The summed E-state index contributed by atoms with van der Waals surface area (Å²) in [5.41, 5.74) is 2.17. The van der Waals surface area contributed by atoms with E-state index in [1.165, 1.54) is 17.7 Å². The van der Waals surface area contributed by atoms with Crippen molar-refractivity contribution in [1.29, 1.82) is 0 Å². The van der Waals surface area contributed by atoms with Gasteiger partial charge in [-0.2, -0.15) is 0 Å². The number of benzene rings is 1. The summed E-state index contributed by atoms with van der Waals surface area (Å²) in [6.45, 7) is 8.99. The first-order valence-electron chi connectivity index (χ1n) is 14.2. The van der Waals surface area contributed by atoms with Crippen molar-refractivity contribution >= 4 is 11.8 Å². The molecule has 0 amide bonds. The van der Waals surface area contributed by atoms with Crippen LogP contribution in [0.15, 0.2) is 24.3 Å². The van der Waals surface area contributed by atoms with Crippen molar-refractivity contribution in [3.05, 3.63) is 46.9 Å². The standard InChI is InChI=1S/C30H40FN3O5/c1-30(2,3)39-29(35)26(24-17-21(31)18-25-27(24)38-16-15-37-25)34-13-11-23(19-34)36-14-5-4-8-22-10-9-20-7-6-12-32-28(20)33-22/h9-10,17-18,23,26H,4-8,11-16,19H2,1-3H3,(H,32,33)/t23-,26?/m1/s1. The van der Waals surface area contributed by atoms with Crippen LogP contribution in [0.4, 0.5) is 10.2 Å². The van der Waals surface area contributed by atoms with Gasteiger partial charge < -0.3 is 24.3 Å². The molecular weight excluding hydrogens is 501 g/mol. The Morgan fingerprint density at radius 2 is 2.08 bits per heavy atom. The number of unbranched alkanes of at least 4 members (excludes halogenated alkanes) is 1. The molecule has 1 N–H and O–H groups in total. The molecule has 1 aromatic carbocycles. The van der Waals surface area contributed by atoms with E-state index in [2.05, 4.69) is 17.4 Å². The number of anilines is 1. The summed E-state index contributed by atoms with van der Waals surface area (Å²) >= 11 is 0. The first kappa shape index (κ1) is 27.6. The first-order valence-corrected chi connectivity index (χ1v) is 14.2. The minimum Gasteiger partial charge on any atom is -0.486 e. The lowest BCUT2D eigenvalue weighted by Crippen LogP contribution is -2.38. The van der Waals surface area contributed by atoms with Crippen molar-refractivity contribution in [2.24, 2.45) is 0 Å². The number of carbonyl (C=O) groups is 1. The summed E-state index contributed by atoms with van der Waals surface area (Å²) < 4.78 is 38.0. The van der Waals surface area contributed by atoms with Crippen molar-refractivity contribution in [1.82, 2.24) is 9.88 Å². The smallest absolute Gasteiger partial charge is 0.328 e. The topological polar surface area (TPSA) is 82.2 Å². The molecule has 1 fully saturated rings. The third kappa shape index (κ3) is 7.00. The molecule has 0 bridgehead atoms. The second kappa shape index (κ2) is 12.1. The zero-order chi connectivity index (χ0) is 27.4. The molecule has 0 radical (unpaired) electrons. The van der Waals surface area contributed by atoms with Crippen molar-refractivity contribution in [2.75, 3.05) is 44.8 Å². The number of fused-ring (bicyclic) bond motifs is 2. The lowest BCUT2D eigenvalue weighted by molar-refractivity contribution is -0.161. The summed E-state index contributed by atoms with van der Waals surface area (Å²) in [6, 6.07) is 6.18. The number of esters is 1. The SMILES string of the molecule is CC(C)(C)OC(=O)C(c1cc(F)cc2c1OCCO2)N1CC[C@@H](OCCCCc2ccc3c(n2)NCCC3)C1. The largest absolute Gasteiger partial charge is 0.486 e. The fourth-order valence-electron chi connectivity index (χ4n) is 5.47. The summed E-state index contributed by atoms with van der Waals surface area (Å²) in [6.07, 6.45) is 5.88. The lowest BCUT2D eigenvalue weighted by atomic mass is 10.0. The predicted molar refractivity (Wildman–Crippen MR) is 146 cm³/mol. The van der Waals surface area contributed by atoms with Crippen LogP contribution >= 0.6 is 0 Å². The highest BCUT2D eigenvalue weighted by Gasteiger charge is 2.39. The summed E-state index contributed by atoms with van der Waals surface area (Å²) in [5, 5.41) is 3.40. The monoisotopic (exact) mass is 541 g/mol. The molecule has 212 valence electrons. The Morgan fingerprint density at radius 1 is 1.23 bits per heavy atom. The molecule has 9 heteroatoms. The van der Waals surface area contributed by atoms with Gasteiger partial charge in [0.1, 0.15) is 36.5 Å². The zero-order valence-corrected chi connectivity index (χ0v) is 23.3. The molecule has 3 aliphatic heterocycles. The molecule has 0 saturated carbocycles. The fraction of sp³-hybridized carbons (Fsp3) is 0.600. The Bertz CT molecular complexity index is 1170. The van der Waals surface area contributed by atoms with Crippen LogP contribution in [0.3, 0.4) is 0 Å². The number of nitrogens with zero attached hydrogens (tertiary/aromatic N) is 2. The Morgan fingerprint density at radius 3 is 2.92 bits per heavy atom. The molecule has 1 unspecified atom stereocenters. The number of aryl methyl sites for hydroxylation is 2. The van der Waals surface area contributed by atoms with Crippen molar-refractivity contribution in [3.63, 3.8) is 0 Å². The number of aromatic nitrogens is 1. The van der Waals surface area contributed by atoms with Gasteiger partial charge >= 0.3 is 5.97 Å². The van der Waals surface area contributed by atoms with E-state index < -0.39 is 23.4 Å². The van der Waals surface area contributed by atoms with Crippen LogP contribution in [0.1, 0.15) is 69.3 Å². The molecule has 8 nitrogen and oxygen atoms in total. The van der Waals surface area contributed by atoms with E-state index in [9.17, 15) is 9.18 Å². The lowest BCUT2D eigenvalue weighted by Gasteiger charge is -2.32. The average Bonchev–Trinajstić information content (AvgIpc) is 3.35. The van der Waals surface area contributed by atoms with Crippen LogP contribution in [0.5, 0.6) is 11.5 Å². The number of halogens is 1. The highest BCUT2D eigenvalue weighted by atomic mass is 19.1. The highest BCUT2D eigenvalue weighted by molar-refractivity contribution is 5.80. The molecule has 4 heterocycles. The minimum absolute atomic E-state index is 0.0115. The van der Waals surface area contributed by atoms with Gasteiger partial charge in [-0.3, -0.25) is 4.90 Å². The molecule has 3 aliphatic rings. The van der Waals surface area contributed by atoms with Gasteiger partial charge in [0.2, 0.25) is 0 Å². The van der Waals surface area contributed by atoms with Crippen LogP contribution in [0, 0.1) is 5.82 Å². The number of hydrogen-bond donors (Lipinski definition) is 1. The van der Waals surface area contributed by atoms with Crippen LogP contribution in [0.25, 0.3) is 0 Å². The molecule has 1 saturated heterocycles. The zero-order valence-electron chi connectivity index (χ0n) is 23.3. The predicted octanol–water partition coefficient (Wildman–Crippen LogP) is 4.85. The van der Waals surface area contributed by atoms with Gasteiger partial charge in [0.15, 0.2) is 11.5 Å². The fourth-order valence-corrected chi connectivity index (χ4v) is 5.47. The molecular formula is C30H40FN3O5. The van der Waals surface area contributed by atoms with E-state index in [-0.39, 0.29) is 6.10 Å². The van der Waals surface area contributed by atoms with Crippen molar-refractivity contribution in [2.45, 2.75) is 77.0 Å². The van der Waals surface area contributed by atoms with Crippen molar-refractivity contribution in [3.8, 4) is 11.5 Å². The summed E-state index contributed by atoms with van der Waals surface area (Å²) in [4.78, 5) is 20.2. The normalized spacial score (nSPS) is 19.7. The van der Waals surface area contributed by atoms with Gasteiger partial charge in [0.25, 0.3) is 0 Å². The number of pyridine rings is 1. The first-order chi connectivity index (χ1) is 18.8. The van der Waals surface area contributed by atoms with E-state index in [1.54, 1.807) is 0 Å². The number of likely N-dealkylation sites (tertiary alicyclic amines) is 1. The maximum atomic E-state index is 14.6. The van der Waals surface area contributed by atoms with E-state index in [0.717, 1.165) is 56.6 Å². The van der Waals surface area contributed by atoms with Crippen LogP contribution in [-0.4, -0.2) is 67.0 Å². The van der Waals surface area contributed by atoms with E-state index >= 15 is 0 Å². The summed E-state index contributed by atoms with van der Waals surface area (Å²) in [5.74, 6) is 0.864. The van der Waals surface area contributed by atoms with Crippen molar-refractivity contribution < 1.29 is 28.1 Å². The quantitative estimate of drug-likeness (QED) is 0.357. The van der Waals surface area contributed by atoms with Gasteiger partial charge in [-0.25, -0.2) is 14.2 Å². The van der Waals surface area contributed by atoms with Gasteiger partial charge in [0.05, 0.1) is 6.10 Å². The highest BCUT2D eigenvalue weighted by Crippen LogP contribution is 2.42. The van der Waals surface area contributed by atoms with E-state index in [4.69, 9.17) is 23.9 Å². The molecule has 0 spiro atoms. The Labute approximate surface area is 230 Å². The Kier molecular flexibility index (Phi) is 8.57. The van der Waals surface area contributed by atoms with Gasteiger partial charge in [-0.1, -0.05) is 6.07 Å². The average molecular weight is 542 g/mol. The number of hydrogen-bond acceptors (Lipinski definition) is 8. The van der Waals surface area contributed by atoms with E-state index in [1.807, 2.05) is 25.7 Å². The van der Waals surface area contributed by atoms with Crippen LogP contribution < -0.4 is 14.8 Å². The number of nitrogens with one attached hydrogen (secondary N) is 1. The molecule has 39 heavy (non-hydrogen) atoms. The maximum Gasteiger partial charge on any atom is 0.328 e. The molecule has 1 aromatic heterocycles. The minimum atomic E-state index is -0.812. The Hall–Kier alpha value is -2.91. The maximum absolute atomic E-state index is 14.6. The van der Waals surface area contributed by atoms with Crippen LogP contribution in [-0.2, 0) is 27.1 Å². The second-order valence-corrected chi connectivity index (χ2v) is 11.5. The molecule has 2 aromatic rings. The second-order valence-electron chi connectivity index (χ2n) is 11.5. The van der Waals surface area contributed by atoms with E-state index in [0.29, 0.717) is 50.0 Å². The number of ether oxygens (including phenoxy) is 4. The van der Waals surface area contributed by atoms with Gasteiger partial charge in [-0.05, 0) is 77.0 Å². The van der Waals surface area contributed by atoms with Crippen LogP contribution in [0.2, 0.25) is 0 Å².